The van der Waals surface area contributed by atoms with E-state index in [-0.39, 0.29) is 27.9 Å². The van der Waals surface area contributed by atoms with E-state index >= 15 is 0 Å². The number of carbonyl (C=O) groups excluding carboxylic acids is 2. The topological polar surface area (TPSA) is 67.4 Å². The minimum absolute atomic E-state index is 0.0322. The number of para-hydroxylation sites is 1. The van der Waals surface area contributed by atoms with Gasteiger partial charge in [-0.15, -0.1) is 0 Å². The Bertz CT molecular complexity index is 834. The minimum Gasteiger partial charge on any atom is -0.434 e. The van der Waals surface area contributed by atoms with Crippen LogP contribution >= 0.6 is 23.2 Å². The maximum absolute atomic E-state index is 12.4. The van der Waals surface area contributed by atoms with E-state index in [1.807, 2.05) is 0 Å². The van der Waals surface area contributed by atoms with Crippen LogP contribution in [0.2, 0.25) is 10.0 Å². The van der Waals surface area contributed by atoms with Gasteiger partial charge >= 0.3 is 6.61 Å². The summed E-state index contributed by atoms with van der Waals surface area (Å²) in [5.74, 6) is -1.10. The Morgan fingerprint density at radius 2 is 1.81 bits per heavy atom. The number of carbonyl (C=O) groups is 2. The van der Waals surface area contributed by atoms with Crippen molar-refractivity contribution in [3.63, 3.8) is 0 Å². The lowest BCUT2D eigenvalue weighted by Crippen LogP contribution is -2.44. The van der Waals surface area contributed by atoms with Crippen molar-refractivity contribution in [3.8, 4) is 5.75 Å². The van der Waals surface area contributed by atoms with Crippen LogP contribution in [0.1, 0.15) is 22.8 Å². The summed E-state index contributed by atoms with van der Waals surface area (Å²) in [4.78, 5) is 24.4. The van der Waals surface area contributed by atoms with Gasteiger partial charge in [0.1, 0.15) is 11.8 Å². The fourth-order valence-electron chi connectivity index (χ4n) is 2.22. The molecule has 0 radical (unpaired) electrons. The summed E-state index contributed by atoms with van der Waals surface area (Å²) in [6.07, 6.45) is 0. The van der Waals surface area contributed by atoms with Gasteiger partial charge in [0.15, 0.2) is 0 Å². The van der Waals surface area contributed by atoms with Crippen molar-refractivity contribution in [3.05, 3.63) is 63.6 Å². The van der Waals surface area contributed by atoms with E-state index in [1.165, 1.54) is 25.1 Å². The number of amides is 2. The number of alkyl halides is 2. The third-order valence-corrected chi connectivity index (χ3v) is 4.40. The van der Waals surface area contributed by atoms with Crippen LogP contribution in [0.25, 0.3) is 0 Å². The molecule has 0 saturated carbocycles. The summed E-state index contributed by atoms with van der Waals surface area (Å²) >= 11 is 11.9. The van der Waals surface area contributed by atoms with Gasteiger partial charge in [-0.25, -0.2) is 0 Å². The van der Waals surface area contributed by atoms with Crippen LogP contribution in [0.3, 0.4) is 0 Å². The molecule has 0 fully saturated rings. The molecule has 0 aromatic heterocycles. The molecule has 0 spiro atoms. The zero-order chi connectivity index (χ0) is 20.0. The molecule has 0 aliphatic heterocycles. The van der Waals surface area contributed by atoms with Crippen molar-refractivity contribution in [2.24, 2.45) is 0 Å². The van der Waals surface area contributed by atoms with Crippen LogP contribution in [0.15, 0.2) is 42.5 Å². The van der Waals surface area contributed by atoms with Crippen LogP contribution in [0.5, 0.6) is 5.75 Å². The largest absolute Gasteiger partial charge is 0.434 e. The zero-order valence-corrected chi connectivity index (χ0v) is 15.7. The van der Waals surface area contributed by atoms with E-state index < -0.39 is 24.5 Å². The highest BCUT2D eigenvalue weighted by Gasteiger charge is 2.19. The molecule has 2 amide bonds. The van der Waals surface area contributed by atoms with Crippen molar-refractivity contribution in [1.29, 1.82) is 0 Å². The number of hydrogen-bond donors (Lipinski definition) is 2. The average Bonchev–Trinajstić information content (AvgIpc) is 2.62. The van der Waals surface area contributed by atoms with E-state index in [0.29, 0.717) is 5.56 Å². The molecule has 27 heavy (non-hydrogen) atoms. The quantitative estimate of drug-likeness (QED) is 0.715. The van der Waals surface area contributed by atoms with Gasteiger partial charge in [0.25, 0.3) is 5.91 Å². The molecule has 5 nitrogen and oxygen atoms in total. The molecule has 2 aromatic carbocycles. The van der Waals surface area contributed by atoms with Gasteiger partial charge in [-0.1, -0.05) is 47.5 Å². The number of nitrogens with one attached hydrogen (secondary N) is 2. The summed E-state index contributed by atoms with van der Waals surface area (Å²) < 4.78 is 29.2. The molecule has 144 valence electrons. The van der Waals surface area contributed by atoms with Crippen molar-refractivity contribution >= 4 is 35.0 Å². The molecular formula is C18H16Cl2F2N2O3. The molecular weight excluding hydrogens is 401 g/mol. The van der Waals surface area contributed by atoms with Crippen LogP contribution in [-0.2, 0) is 11.3 Å². The summed E-state index contributed by atoms with van der Waals surface area (Å²) in [5.41, 5.74) is 0.516. The van der Waals surface area contributed by atoms with Crippen LogP contribution in [0, 0.1) is 0 Å². The molecule has 0 bridgehead atoms. The Balaban J connectivity index is 1.96. The monoisotopic (exact) mass is 416 g/mol. The molecule has 2 N–H and O–H groups in total. The minimum atomic E-state index is -2.97. The second kappa shape index (κ2) is 9.53. The number of benzene rings is 2. The normalized spacial score (nSPS) is 11.8. The first-order chi connectivity index (χ1) is 12.8. The van der Waals surface area contributed by atoms with Crippen molar-refractivity contribution in [2.45, 2.75) is 26.1 Å². The predicted molar refractivity (Wildman–Crippen MR) is 98.3 cm³/mol. The fraction of sp³-hybridized carbons (Fsp3) is 0.222. The number of halogens is 4. The highest BCUT2D eigenvalue weighted by molar-refractivity contribution is 6.43. The lowest BCUT2D eigenvalue weighted by molar-refractivity contribution is -0.122. The van der Waals surface area contributed by atoms with Gasteiger partial charge in [0, 0.05) is 12.1 Å². The first-order valence-electron chi connectivity index (χ1n) is 7.85. The molecule has 0 aliphatic carbocycles. The van der Waals surface area contributed by atoms with E-state index in [1.54, 1.807) is 24.3 Å². The Morgan fingerprint density at radius 1 is 1.11 bits per heavy atom. The summed E-state index contributed by atoms with van der Waals surface area (Å²) in [6.45, 7) is -1.53. The summed E-state index contributed by atoms with van der Waals surface area (Å²) in [5, 5.41) is 5.36. The van der Waals surface area contributed by atoms with Gasteiger partial charge in [0.2, 0.25) is 5.91 Å². The molecule has 0 heterocycles. The third-order valence-electron chi connectivity index (χ3n) is 3.58. The van der Waals surface area contributed by atoms with E-state index in [2.05, 4.69) is 15.4 Å². The first-order valence-corrected chi connectivity index (χ1v) is 8.60. The smallest absolute Gasteiger partial charge is 0.387 e. The Labute approximate surface area is 164 Å². The van der Waals surface area contributed by atoms with Gasteiger partial charge in [-0.05, 0) is 25.1 Å². The maximum Gasteiger partial charge on any atom is 0.387 e. The van der Waals surface area contributed by atoms with Crippen molar-refractivity contribution < 1.29 is 23.1 Å². The predicted octanol–water partition coefficient (Wildman–Crippen LogP) is 4.03. The van der Waals surface area contributed by atoms with Gasteiger partial charge in [-0.3, -0.25) is 9.59 Å². The van der Waals surface area contributed by atoms with Crippen LogP contribution in [-0.4, -0.2) is 24.5 Å². The van der Waals surface area contributed by atoms with Gasteiger partial charge in [0.05, 0.1) is 15.6 Å². The van der Waals surface area contributed by atoms with Crippen LogP contribution in [0.4, 0.5) is 8.78 Å². The molecule has 0 saturated heterocycles. The fourth-order valence-corrected chi connectivity index (χ4v) is 2.60. The van der Waals surface area contributed by atoms with Gasteiger partial charge in [-0.2, -0.15) is 8.78 Å². The lowest BCUT2D eigenvalue weighted by atomic mass is 10.1. The number of rotatable bonds is 7. The molecule has 1 atom stereocenters. The SMILES string of the molecule is CC(NC(=O)c1cccc(Cl)c1Cl)C(=O)NCc1ccccc1OC(F)F. The lowest BCUT2D eigenvalue weighted by Gasteiger charge is -2.16. The summed E-state index contributed by atoms with van der Waals surface area (Å²) in [6, 6.07) is 9.78. The first kappa shape index (κ1) is 20.9. The summed E-state index contributed by atoms with van der Waals surface area (Å²) in [7, 11) is 0. The van der Waals surface area contributed by atoms with E-state index in [4.69, 9.17) is 23.2 Å². The second-order valence-corrected chi connectivity index (χ2v) is 6.29. The number of ether oxygens (including phenoxy) is 1. The van der Waals surface area contributed by atoms with Gasteiger partial charge < -0.3 is 15.4 Å². The molecule has 2 rings (SSSR count). The third kappa shape index (κ3) is 5.80. The zero-order valence-electron chi connectivity index (χ0n) is 14.1. The molecule has 2 aromatic rings. The number of hydrogen-bond acceptors (Lipinski definition) is 3. The van der Waals surface area contributed by atoms with E-state index in [0.717, 1.165) is 0 Å². The second-order valence-electron chi connectivity index (χ2n) is 5.50. The van der Waals surface area contributed by atoms with E-state index in [9.17, 15) is 18.4 Å². The molecule has 1 unspecified atom stereocenters. The van der Waals surface area contributed by atoms with Crippen molar-refractivity contribution in [1.82, 2.24) is 10.6 Å². The highest BCUT2D eigenvalue weighted by atomic mass is 35.5. The maximum atomic E-state index is 12.4. The Morgan fingerprint density at radius 3 is 2.52 bits per heavy atom. The Hall–Kier alpha value is -2.38. The van der Waals surface area contributed by atoms with Crippen LogP contribution < -0.4 is 15.4 Å². The average molecular weight is 417 g/mol. The Kier molecular flexibility index (Phi) is 7.38. The molecule has 0 aliphatic rings. The standard InChI is InChI=1S/C18H16Cl2F2N2O3/c1-10(24-17(26)12-6-4-7-13(19)15(12)20)16(25)23-9-11-5-2-3-8-14(11)27-18(21)22/h2-8,10,18H,9H2,1H3,(H,23,25)(H,24,26). The van der Waals surface area contributed by atoms with Crippen molar-refractivity contribution in [2.75, 3.05) is 0 Å². The highest BCUT2D eigenvalue weighted by Crippen LogP contribution is 2.25. The molecule has 9 heteroatoms.